The van der Waals surface area contributed by atoms with Crippen LogP contribution < -0.4 is 5.32 Å². The summed E-state index contributed by atoms with van der Waals surface area (Å²) >= 11 is 1.23. The van der Waals surface area contributed by atoms with Gasteiger partial charge in [0.25, 0.3) is 5.91 Å². The van der Waals surface area contributed by atoms with Crippen LogP contribution >= 0.6 is 11.3 Å². The monoisotopic (exact) mass is 331 g/mol. The minimum absolute atomic E-state index is 0.000922. The summed E-state index contributed by atoms with van der Waals surface area (Å²) in [5.74, 6) is -0.558. The van der Waals surface area contributed by atoms with Crippen molar-refractivity contribution in [2.75, 3.05) is 12.4 Å². The first-order valence-electron chi connectivity index (χ1n) is 6.11. The number of aryl methyl sites for hydroxylation is 1. The summed E-state index contributed by atoms with van der Waals surface area (Å²) in [5, 5.41) is 2.87. The molecule has 9 heteroatoms. The van der Waals surface area contributed by atoms with Crippen LogP contribution in [0.4, 0.5) is 18.3 Å². The quantitative estimate of drug-likeness (QED) is 0.934. The van der Waals surface area contributed by atoms with Crippen LogP contribution in [0, 0.1) is 6.92 Å². The number of pyridine rings is 1. The van der Waals surface area contributed by atoms with E-state index in [0.29, 0.717) is 11.7 Å². The number of hydrogen-bond acceptors (Lipinski definition) is 5. The van der Waals surface area contributed by atoms with Gasteiger partial charge < -0.3 is 4.74 Å². The predicted molar refractivity (Wildman–Crippen MR) is 74.8 cm³/mol. The highest BCUT2D eigenvalue weighted by Gasteiger charge is 2.33. The molecule has 1 N–H and O–H groups in total. The zero-order valence-corrected chi connectivity index (χ0v) is 12.5. The second-order valence-electron chi connectivity index (χ2n) is 4.35. The van der Waals surface area contributed by atoms with Crippen LogP contribution in [0.3, 0.4) is 0 Å². The van der Waals surface area contributed by atoms with Crippen molar-refractivity contribution in [2.24, 2.45) is 0 Å². The average molecular weight is 331 g/mol. The Hall–Kier alpha value is -2.00. The lowest BCUT2D eigenvalue weighted by Gasteiger charge is -2.09. The third kappa shape index (κ3) is 3.80. The maximum absolute atomic E-state index is 12.5. The molecule has 0 bridgehead atoms. The Morgan fingerprint density at radius 3 is 2.73 bits per heavy atom. The number of hydrogen-bond donors (Lipinski definition) is 1. The van der Waals surface area contributed by atoms with E-state index in [4.69, 9.17) is 4.74 Å². The van der Waals surface area contributed by atoms with Crippen LogP contribution in [-0.2, 0) is 17.5 Å². The molecule has 2 aromatic rings. The lowest BCUT2D eigenvalue weighted by Crippen LogP contribution is -2.16. The van der Waals surface area contributed by atoms with E-state index in [1.165, 1.54) is 25.4 Å². The number of thiazole rings is 1. The number of amides is 1. The summed E-state index contributed by atoms with van der Waals surface area (Å²) in [6, 6.07) is 1.88. The Morgan fingerprint density at radius 1 is 1.41 bits per heavy atom. The zero-order valence-electron chi connectivity index (χ0n) is 11.7. The van der Waals surface area contributed by atoms with Gasteiger partial charge in [-0.25, -0.2) is 9.97 Å². The maximum Gasteiger partial charge on any atom is 0.433 e. The smallest absolute Gasteiger partial charge is 0.379 e. The lowest BCUT2D eigenvalue weighted by molar-refractivity contribution is -0.141. The summed E-state index contributed by atoms with van der Waals surface area (Å²) in [5.41, 5.74) is -0.962. The standard InChI is InChI=1S/C13H12F3N3O2S/c1-7-9(3-4-10(18-7)13(14,15)16)11(20)19-12-17-5-8(22-12)6-21-2/h3-5H,6H2,1-2H3,(H,17,19,20). The van der Waals surface area contributed by atoms with Gasteiger partial charge in [-0.1, -0.05) is 11.3 Å². The Labute approximate surface area is 128 Å². The van der Waals surface area contributed by atoms with Crippen LogP contribution in [0.5, 0.6) is 0 Å². The van der Waals surface area contributed by atoms with Crippen molar-refractivity contribution in [2.45, 2.75) is 19.7 Å². The van der Waals surface area contributed by atoms with Gasteiger partial charge in [0.15, 0.2) is 5.13 Å². The largest absolute Gasteiger partial charge is 0.433 e. The Morgan fingerprint density at radius 2 is 2.14 bits per heavy atom. The van der Waals surface area contributed by atoms with Crippen LogP contribution in [0.2, 0.25) is 0 Å². The van der Waals surface area contributed by atoms with Gasteiger partial charge in [0, 0.05) is 13.3 Å². The molecule has 0 unspecified atom stereocenters. The number of alkyl halides is 3. The molecule has 2 aromatic heterocycles. The van der Waals surface area contributed by atoms with Crippen LogP contribution in [0.25, 0.3) is 0 Å². The molecule has 0 aromatic carbocycles. The number of nitrogens with zero attached hydrogens (tertiary/aromatic N) is 2. The molecular weight excluding hydrogens is 319 g/mol. The number of anilines is 1. The van der Waals surface area contributed by atoms with Crippen molar-refractivity contribution in [3.8, 4) is 0 Å². The molecule has 1 amide bonds. The van der Waals surface area contributed by atoms with E-state index in [0.717, 1.165) is 17.0 Å². The number of aromatic nitrogens is 2. The first kappa shape index (κ1) is 16.4. The van der Waals surface area contributed by atoms with E-state index in [-0.39, 0.29) is 11.3 Å². The molecule has 0 aliphatic carbocycles. The normalized spacial score (nSPS) is 11.5. The van der Waals surface area contributed by atoms with Crippen molar-refractivity contribution < 1.29 is 22.7 Å². The number of rotatable bonds is 4. The van der Waals surface area contributed by atoms with E-state index < -0.39 is 17.8 Å². The second kappa shape index (κ2) is 6.41. The summed E-state index contributed by atoms with van der Waals surface area (Å²) in [4.78, 5) is 20.3. The molecule has 5 nitrogen and oxygen atoms in total. The summed E-state index contributed by atoms with van der Waals surface area (Å²) in [6.07, 6.45) is -2.98. The van der Waals surface area contributed by atoms with Crippen molar-refractivity contribution in [3.63, 3.8) is 0 Å². The topological polar surface area (TPSA) is 64.1 Å². The number of methoxy groups -OCH3 is 1. The molecule has 118 valence electrons. The van der Waals surface area contributed by atoms with Gasteiger partial charge in [-0.05, 0) is 19.1 Å². The van der Waals surface area contributed by atoms with Gasteiger partial charge in [-0.3, -0.25) is 10.1 Å². The SMILES string of the molecule is COCc1cnc(NC(=O)c2ccc(C(F)(F)F)nc2C)s1. The fourth-order valence-corrected chi connectivity index (χ4v) is 2.48. The highest BCUT2D eigenvalue weighted by Crippen LogP contribution is 2.28. The van der Waals surface area contributed by atoms with E-state index in [1.807, 2.05) is 0 Å². The number of carbonyl (C=O) groups excluding carboxylic acids is 1. The van der Waals surface area contributed by atoms with Crippen molar-refractivity contribution in [3.05, 3.63) is 40.2 Å². The van der Waals surface area contributed by atoms with Gasteiger partial charge in [0.1, 0.15) is 5.69 Å². The van der Waals surface area contributed by atoms with Gasteiger partial charge in [0.2, 0.25) is 0 Å². The van der Waals surface area contributed by atoms with Crippen LogP contribution in [0.1, 0.15) is 26.6 Å². The molecule has 22 heavy (non-hydrogen) atoms. The summed E-state index contributed by atoms with van der Waals surface area (Å²) in [7, 11) is 1.54. The highest BCUT2D eigenvalue weighted by atomic mass is 32.1. The van der Waals surface area contributed by atoms with Crippen molar-refractivity contribution >= 4 is 22.4 Å². The molecule has 0 spiro atoms. The van der Waals surface area contributed by atoms with Gasteiger partial charge in [-0.15, -0.1) is 0 Å². The van der Waals surface area contributed by atoms with Crippen LogP contribution in [0.15, 0.2) is 18.3 Å². The van der Waals surface area contributed by atoms with Gasteiger partial charge in [-0.2, -0.15) is 13.2 Å². The second-order valence-corrected chi connectivity index (χ2v) is 5.46. The molecule has 0 saturated heterocycles. The molecule has 0 aliphatic rings. The number of halogens is 3. The number of nitrogens with one attached hydrogen (secondary N) is 1. The molecule has 0 radical (unpaired) electrons. The number of ether oxygens (including phenoxy) is 1. The molecular formula is C13H12F3N3O2S. The molecule has 2 heterocycles. The van der Waals surface area contributed by atoms with E-state index in [9.17, 15) is 18.0 Å². The molecule has 0 fully saturated rings. The lowest BCUT2D eigenvalue weighted by atomic mass is 10.1. The maximum atomic E-state index is 12.5. The fourth-order valence-electron chi connectivity index (χ4n) is 1.70. The third-order valence-electron chi connectivity index (χ3n) is 2.68. The van der Waals surface area contributed by atoms with E-state index >= 15 is 0 Å². The third-order valence-corrected chi connectivity index (χ3v) is 3.57. The molecule has 0 saturated carbocycles. The van der Waals surface area contributed by atoms with Crippen molar-refractivity contribution in [1.29, 1.82) is 0 Å². The average Bonchev–Trinajstić information content (AvgIpc) is 2.85. The Kier molecular flexibility index (Phi) is 4.77. The Balaban J connectivity index is 2.15. The summed E-state index contributed by atoms with van der Waals surface area (Å²) < 4.78 is 42.6. The fraction of sp³-hybridized carbons (Fsp3) is 0.308. The molecule has 0 atom stereocenters. The van der Waals surface area contributed by atoms with Crippen molar-refractivity contribution in [1.82, 2.24) is 9.97 Å². The highest BCUT2D eigenvalue weighted by molar-refractivity contribution is 7.15. The summed E-state index contributed by atoms with van der Waals surface area (Å²) in [6.45, 7) is 1.72. The van der Waals surface area contributed by atoms with Crippen LogP contribution in [-0.4, -0.2) is 23.0 Å². The van der Waals surface area contributed by atoms with E-state index in [2.05, 4.69) is 15.3 Å². The first-order valence-corrected chi connectivity index (χ1v) is 6.92. The van der Waals surface area contributed by atoms with E-state index in [1.54, 1.807) is 6.20 Å². The minimum Gasteiger partial charge on any atom is -0.379 e. The van der Waals surface area contributed by atoms with Gasteiger partial charge >= 0.3 is 6.18 Å². The first-order chi connectivity index (χ1) is 10.3. The molecule has 2 rings (SSSR count). The predicted octanol–water partition coefficient (Wildman–Crippen LogP) is 3.26. The number of carbonyl (C=O) groups is 1. The zero-order chi connectivity index (χ0) is 16.3. The Bertz CT molecular complexity index is 685. The minimum atomic E-state index is -4.54. The molecule has 0 aliphatic heterocycles. The van der Waals surface area contributed by atoms with Gasteiger partial charge in [0.05, 0.1) is 22.7 Å².